The van der Waals surface area contributed by atoms with Gasteiger partial charge in [-0.25, -0.2) is 4.79 Å². The van der Waals surface area contributed by atoms with Gasteiger partial charge in [-0.2, -0.15) is 0 Å². The van der Waals surface area contributed by atoms with E-state index in [4.69, 9.17) is 9.47 Å². The molecule has 0 radical (unpaired) electrons. The molecule has 3 rings (SSSR count). The molecule has 1 heterocycles. The van der Waals surface area contributed by atoms with E-state index < -0.39 is 5.97 Å². The van der Waals surface area contributed by atoms with Gasteiger partial charge in [0, 0.05) is 24.7 Å². The first kappa shape index (κ1) is 26.3. The Bertz CT molecular complexity index is 980. The van der Waals surface area contributed by atoms with Gasteiger partial charge in [0.25, 0.3) is 11.8 Å². The molecule has 2 amide bonds. The topological polar surface area (TPSA) is 76.1 Å². The lowest BCUT2D eigenvalue weighted by Crippen LogP contribution is -2.49. The fourth-order valence-electron chi connectivity index (χ4n) is 4.45. The van der Waals surface area contributed by atoms with Crippen LogP contribution in [0.2, 0.25) is 0 Å². The van der Waals surface area contributed by atoms with Gasteiger partial charge in [0.05, 0.1) is 5.56 Å². The van der Waals surface area contributed by atoms with Crippen molar-refractivity contribution in [2.75, 3.05) is 13.2 Å². The molecule has 0 aliphatic carbocycles. The number of likely N-dealkylation sites (tertiary alicyclic amines) is 1. The van der Waals surface area contributed by atoms with E-state index in [1.54, 1.807) is 29.2 Å². The lowest BCUT2D eigenvalue weighted by atomic mass is 9.97. The number of benzene rings is 2. The molecule has 1 aliphatic rings. The Morgan fingerprint density at radius 1 is 0.943 bits per heavy atom. The van der Waals surface area contributed by atoms with Crippen LogP contribution >= 0.6 is 0 Å². The number of hydrogen-bond acceptors (Lipinski definition) is 5. The third-order valence-electron chi connectivity index (χ3n) is 6.40. The molecule has 7 heteroatoms. The zero-order chi connectivity index (χ0) is 25.4. The van der Waals surface area contributed by atoms with Crippen molar-refractivity contribution in [3.63, 3.8) is 0 Å². The summed E-state index contributed by atoms with van der Waals surface area (Å²) in [6.45, 7) is 8.08. The normalized spacial score (nSPS) is 17.7. The maximum Gasteiger partial charge on any atom is 0.338 e. The maximum absolute atomic E-state index is 12.7. The number of hydrogen-bond donors (Lipinski definition) is 0. The first-order chi connectivity index (χ1) is 16.8. The Labute approximate surface area is 208 Å². The lowest BCUT2D eigenvalue weighted by Gasteiger charge is -2.38. The first-order valence-corrected chi connectivity index (χ1v) is 12.3. The first-order valence-electron chi connectivity index (χ1n) is 12.3. The van der Waals surface area contributed by atoms with Gasteiger partial charge in [-0.05, 0) is 76.8 Å². The van der Waals surface area contributed by atoms with Crippen LogP contribution in [0.5, 0.6) is 5.75 Å². The second kappa shape index (κ2) is 12.4. The molecule has 1 saturated heterocycles. The minimum atomic E-state index is -0.583. The third kappa shape index (κ3) is 7.31. The Kier molecular flexibility index (Phi) is 9.29. The summed E-state index contributed by atoms with van der Waals surface area (Å²) in [5, 5.41) is 0. The largest absolute Gasteiger partial charge is 0.484 e. The van der Waals surface area contributed by atoms with Crippen molar-refractivity contribution in [2.24, 2.45) is 0 Å². The van der Waals surface area contributed by atoms with E-state index in [1.807, 2.05) is 49.1 Å². The molecule has 0 bridgehead atoms. The summed E-state index contributed by atoms with van der Waals surface area (Å²) < 4.78 is 10.9. The van der Waals surface area contributed by atoms with Crippen molar-refractivity contribution in [3.05, 3.63) is 65.7 Å². The molecule has 0 N–H and O–H groups in total. The number of esters is 1. The summed E-state index contributed by atoms with van der Waals surface area (Å²) in [5.41, 5.74) is 1.33. The monoisotopic (exact) mass is 480 g/mol. The van der Waals surface area contributed by atoms with Gasteiger partial charge < -0.3 is 19.3 Å². The highest BCUT2D eigenvalue weighted by Gasteiger charge is 2.29. The van der Waals surface area contributed by atoms with Crippen LogP contribution in [0, 0.1) is 0 Å². The number of carbonyl (C=O) groups excluding carboxylic acids is 3. The van der Waals surface area contributed by atoms with Crippen LogP contribution in [-0.2, 0) is 20.9 Å². The van der Waals surface area contributed by atoms with Crippen molar-refractivity contribution >= 4 is 17.8 Å². The Morgan fingerprint density at radius 2 is 1.57 bits per heavy atom. The van der Waals surface area contributed by atoms with E-state index in [2.05, 4.69) is 13.8 Å². The van der Waals surface area contributed by atoms with Gasteiger partial charge in [0.1, 0.15) is 5.75 Å². The summed E-state index contributed by atoms with van der Waals surface area (Å²) in [5.74, 6) is -0.369. The zero-order valence-electron chi connectivity index (χ0n) is 21.1. The molecule has 1 fully saturated rings. The lowest BCUT2D eigenvalue weighted by molar-refractivity contribution is -0.139. The van der Waals surface area contributed by atoms with Gasteiger partial charge in [-0.1, -0.05) is 30.3 Å². The number of rotatable bonds is 9. The SMILES string of the molecule is CC(C)N(Cc1ccccc1)C(=O)COC(=O)c1ccc(OCC(=O)N2C(C)CCCC2C)cc1. The van der Waals surface area contributed by atoms with Gasteiger partial charge in [-0.15, -0.1) is 0 Å². The Morgan fingerprint density at radius 3 is 2.17 bits per heavy atom. The highest BCUT2D eigenvalue weighted by atomic mass is 16.5. The predicted octanol–water partition coefficient (Wildman–Crippen LogP) is 4.45. The molecule has 0 aromatic heterocycles. The molecule has 35 heavy (non-hydrogen) atoms. The van der Waals surface area contributed by atoms with Gasteiger partial charge in [0.2, 0.25) is 0 Å². The van der Waals surface area contributed by atoms with Crippen LogP contribution in [0.1, 0.15) is 62.9 Å². The number of ether oxygens (including phenoxy) is 2. The molecule has 2 unspecified atom stereocenters. The highest BCUT2D eigenvalue weighted by Crippen LogP contribution is 2.23. The summed E-state index contributed by atoms with van der Waals surface area (Å²) in [6, 6.07) is 16.5. The average molecular weight is 481 g/mol. The minimum absolute atomic E-state index is 0.0306. The molecule has 2 atom stereocenters. The molecular formula is C28H36N2O5. The van der Waals surface area contributed by atoms with Crippen LogP contribution in [0.15, 0.2) is 54.6 Å². The molecular weight excluding hydrogens is 444 g/mol. The molecule has 2 aromatic carbocycles. The highest BCUT2D eigenvalue weighted by molar-refractivity contribution is 5.91. The van der Waals surface area contributed by atoms with Crippen LogP contribution in [0.25, 0.3) is 0 Å². The van der Waals surface area contributed by atoms with Gasteiger partial charge in [-0.3, -0.25) is 9.59 Å². The number of nitrogens with zero attached hydrogens (tertiary/aromatic N) is 2. The molecule has 7 nitrogen and oxygen atoms in total. The summed E-state index contributed by atoms with van der Waals surface area (Å²) in [6.07, 6.45) is 3.16. The second-order valence-electron chi connectivity index (χ2n) is 9.42. The summed E-state index contributed by atoms with van der Waals surface area (Å²) >= 11 is 0. The van der Waals surface area contributed by atoms with Crippen molar-refractivity contribution in [2.45, 2.75) is 71.6 Å². The third-order valence-corrected chi connectivity index (χ3v) is 6.40. The van der Waals surface area contributed by atoms with E-state index in [0.717, 1.165) is 24.8 Å². The van der Waals surface area contributed by atoms with Crippen molar-refractivity contribution in [1.29, 1.82) is 0 Å². The fourth-order valence-corrected chi connectivity index (χ4v) is 4.45. The predicted molar refractivity (Wildman–Crippen MR) is 134 cm³/mol. The van der Waals surface area contributed by atoms with Crippen molar-refractivity contribution < 1.29 is 23.9 Å². The summed E-state index contributed by atoms with van der Waals surface area (Å²) in [4.78, 5) is 41.4. The van der Waals surface area contributed by atoms with Crippen molar-refractivity contribution in [1.82, 2.24) is 9.80 Å². The second-order valence-corrected chi connectivity index (χ2v) is 9.42. The average Bonchev–Trinajstić information content (AvgIpc) is 2.85. The van der Waals surface area contributed by atoms with E-state index in [9.17, 15) is 14.4 Å². The molecule has 0 saturated carbocycles. The fraction of sp³-hybridized carbons (Fsp3) is 0.464. The smallest absolute Gasteiger partial charge is 0.338 e. The Balaban J connectivity index is 1.49. The molecule has 1 aliphatic heterocycles. The van der Waals surface area contributed by atoms with E-state index in [-0.39, 0.29) is 43.2 Å². The van der Waals surface area contributed by atoms with Crippen LogP contribution in [-0.4, -0.2) is 58.9 Å². The number of piperidine rings is 1. The zero-order valence-corrected chi connectivity index (χ0v) is 21.1. The quantitative estimate of drug-likeness (QED) is 0.496. The summed E-state index contributed by atoms with van der Waals surface area (Å²) in [7, 11) is 0. The number of carbonyl (C=O) groups is 3. The molecule has 188 valence electrons. The minimum Gasteiger partial charge on any atom is -0.484 e. The van der Waals surface area contributed by atoms with Crippen LogP contribution in [0.4, 0.5) is 0 Å². The maximum atomic E-state index is 12.7. The van der Waals surface area contributed by atoms with Crippen LogP contribution < -0.4 is 4.74 Å². The molecule has 2 aromatic rings. The van der Waals surface area contributed by atoms with Gasteiger partial charge in [0.15, 0.2) is 13.2 Å². The Hall–Kier alpha value is -3.35. The van der Waals surface area contributed by atoms with E-state index >= 15 is 0 Å². The van der Waals surface area contributed by atoms with Crippen molar-refractivity contribution in [3.8, 4) is 5.75 Å². The van der Waals surface area contributed by atoms with E-state index in [0.29, 0.717) is 17.9 Å². The van der Waals surface area contributed by atoms with E-state index in [1.165, 1.54) is 0 Å². The number of amides is 2. The standard InChI is InChI=1S/C28H36N2O5/c1-20(2)29(17-23-11-6-5-7-12-23)26(31)18-35-28(33)24-13-15-25(16-14-24)34-19-27(32)30-21(3)9-8-10-22(30)4/h5-7,11-16,20-22H,8-10,17-19H2,1-4H3. The molecule has 0 spiro atoms. The van der Waals surface area contributed by atoms with Crippen LogP contribution in [0.3, 0.4) is 0 Å². The van der Waals surface area contributed by atoms with Gasteiger partial charge >= 0.3 is 5.97 Å².